The van der Waals surface area contributed by atoms with E-state index in [0.29, 0.717) is 18.1 Å². The van der Waals surface area contributed by atoms with E-state index < -0.39 is 10.0 Å². The first-order valence-electron chi connectivity index (χ1n) is 8.35. The van der Waals surface area contributed by atoms with Crippen LogP contribution in [0.25, 0.3) is 0 Å². The Hall–Kier alpha value is -1.89. The van der Waals surface area contributed by atoms with Gasteiger partial charge in [-0.3, -0.25) is 4.79 Å². The lowest BCUT2D eigenvalue weighted by Crippen LogP contribution is -2.32. The summed E-state index contributed by atoms with van der Waals surface area (Å²) in [5.74, 6) is -0.358. The molecule has 7 nitrogen and oxygen atoms in total. The molecule has 0 amide bonds. The highest BCUT2D eigenvalue weighted by molar-refractivity contribution is 7.99. The normalized spacial score (nSPS) is 17.1. The predicted octanol–water partition coefficient (Wildman–Crippen LogP) is 2.06. The van der Waals surface area contributed by atoms with Crippen molar-refractivity contribution in [1.29, 1.82) is 5.26 Å². The molecule has 0 bridgehead atoms. The van der Waals surface area contributed by atoms with E-state index in [1.54, 1.807) is 12.1 Å². The maximum Gasteiger partial charge on any atom is 0.244 e. The first-order chi connectivity index (χ1) is 12.4. The van der Waals surface area contributed by atoms with Crippen LogP contribution in [0, 0.1) is 11.3 Å². The van der Waals surface area contributed by atoms with Crippen LogP contribution in [0.15, 0.2) is 39.5 Å². The Kier molecular flexibility index (Phi) is 7.20. The summed E-state index contributed by atoms with van der Waals surface area (Å²) < 4.78 is 26.9. The minimum atomic E-state index is -3.53. The SMILES string of the molecule is C/C(N)=C(/C#N)C(=O)CSc1ccc(S(=O)(=O)N2CCCCCC2)cn1. The van der Waals surface area contributed by atoms with Crippen LogP contribution in [0.5, 0.6) is 0 Å². The number of hydrogen-bond donors (Lipinski definition) is 1. The molecule has 26 heavy (non-hydrogen) atoms. The summed E-state index contributed by atoms with van der Waals surface area (Å²) in [4.78, 5) is 16.2. The van der Waals surface area contributed by atoms with Gasteiger partial charge in [0, 0.05) is 25.0 Å². The fourth-order valence-electron chi connectivity index (χ4n) is 2.62. The van der Waals surface area contributed by atoms with Gasteiger partial charge in [0.15, 0.2) is 5.78 Å². The fourth-order valence-corrected chi connectivity index (χ4v) is 4.80. The van der Waals surface area contributed by atoms with Crippen LogP contribution in [-0.2, 0) is 14.8 Å². The van der Waals surface area contributed by atoms with Gasteiger partial charge in [-0.2, -0.15) is 9.57 Å². The zero-order valence-corrected chi connectivity index (χ0v) is 16.3. The quantitative estimate of drug-likeness (QED) is 0.446. The van der Waals surface area contributed by atoms with Crippen molar-refractivity contribution in [3.8, 4) is 6.07 Å². The summed E-state index contributed by atoms with van der Waals surface area (Å²) in [6.45, 7) is 2.58. The molecule has 2 heterocycles. The van der Waals surface area contributed by atoms with Gasteiger partial charge in [-0.15, -0.1) is 0 Å². The zero-order chi connectivity index (χ0) is 19.2. The molecule has 1 aliphatic heterocycles. The number of pyridine rings is 1. The smallest absolute Gasteiger partial charge is 0.244 e. The molecule has 0 atom stereocenters. The second-order valence-corrected chi connectivity index (χ2v) is 8.97. The first kappa shape index (κ1) is 20.4. The Morgan fingerprint density at radius 3 is 2.46 bits per heavy atom. The van der Waals surface area contributed by atoms with E-state index in [9.17, 15) is 13.2 Å². The van der Waals surface area contributed by atoms with E-state index in [4.69, 9.17) is 11.0 Å². The van der Waals surface area contributed by atoms with Crippen molar-refractivity contribution in [2.75, 3.05) is 18.8 Å². The molecular formula is C17H22N4O3S2. The Balaban J connectivity index is 2.05. The number of rotatable bonds is 6. The van der Waals surface area contributed by atoms with E-state index >= 15 is 0 Å². The standard InChI is InChI=1S/C17H22N4O3S2/c1-13(19)15(10-18)16(22)12-25-17-7-6-14(11-20-17)26(23,24)21-8-4-2-3-5-9-21/h6-7,11H,2-5,8-9,12,19H2,1H3/b15-13+. The minimum Gasteiger partial charge on any atom is -0.401 e. The summed E-state index contributed by atoms with van der Waals surface area (Å²) in [5, 5.41) is 9.44. The van der Waals surface area contributed by atoms with Gasteiger partial charge in [0.1, 0.15) is 16.5 Å². The molecule has 1 fully saturated rings. The van der Waals surface area contributed by atoms with Crippen LogP contribution >= 0.6 is 11.8 Å². The molecule has 0 unspecified atom stereocenters. The van der Waals surface area contributed by atoms with Gasteiger partial charge in [-0.05, 0) is 31.9 Å². The van der Waals surface area contributed by atoms with Gasteiger partial charge in [0.25, 0.3) is 0 Å². The summed E-state index contributed by atoms with van der Waals surface area (Å²) in [7, 11) is -3.53. The average molecular weight is 395 g/mol. The summed E-state index contributed by atoms with van der Waals surface area (Å²) in [6.07, 6.45) is 5.17. The highest BCUT2D eigenvalue weighted by Crippen LogP contribution is 2.22. The molecule has 0 spiro atoms. The Bertz CT molecular complexity index is 815. The first-order valence-corrected chi connectivity index (χ1v) is 10.8. The maximum atomic E-state index is 12.7. The average Bonchev–Trinajstić information content (AvgIpc) is 2.90. The summed E-state index contributed by atoms with van der Waals surface area (Å²) >= 11 is 1.14. The highest BCUT2D eigenvalue weighted by atomic mass is 32.2. The zero-order valence-electron chi connectivity index (χ0n) is 14.6. The minimum absolute atomic E-state index is 0.0165. The lowest BCUT2D eigenvalue weighted by Gasteiger charge is -2.19. The van der Waals surface area contributed by atoms with Crippen molar-refractivity contribution in [1.82, 2.24) is 9.29 Å². The van der Waals surface area contributed by atoms with Crippen molar-refractivity contribution in [3.05, 3.63) is 29.6 Å². The van der Waals surface area contributed by atoms with Gasteiger partial charge < -0.3 is 5.73 Å². The number of aromatic nitrogens is 1. The number of ketones is 1. The molecule has 1 saturated heterocycles. The van der Waals surface area contributed by atoms with Crippen molar-refractivity contribution in [3.63, 3.8) is 0 Å². The second-order valence-electron chi connectivity index (χ2n) is 6.03. The number of nitrogens with zero attached hydrogens (tertiary/aromatic N) is 3. The van der Waals surface area contributed by atoms with Crippen molar-refractivity contribution >= 4 is 27.6 Å². The lowest BCUT2D eigenvalue weighted by molar-refractivity contribution is -0.112. The van der Waals surface area contributed by atoms with E-state index in [2.05, 4.69) is 4.98 Å². The van der Waals surface area contributed by atoms with E-state index in [0.717, 1.165) is 37.4 Å². The van der Waals surface area contributed by atoms with Crippen LogP contribution in [0.2, 0.25) is 0 Å². The molecule has 1 aliphatic rings. The number of sulfonamides is 1. The number of hydrogen-bond acceptors (Lipinski definition) is 7. The van der Waals surface area contributed by atoms with E-state index in [1.165, 1.54) is 23.5 Å². The van der Waals surface area contributed by atoms with Crippen LogP contribution in [0.4, 0.5) is 0 Å². The molecule has 0 aliphatic carbocycles. The molecular weight excluding hydrogens is 372 g/mol. The molecule has 2 rings (SSSR count). The van der Waals surface area contributed by atoms with Gasteiger partial charge >= 0.3 is 0 Å². The third-order valence-corrected chi connectivity index (χ3v) is 6.87. The molecule has 0 saturated carbocycles. The van der Waals surface area contributed by atoms with Crippen LogP contribution in [-0.4, -0.2) is 42.3 Å². The van der Waals surface area contributed by atoms with E-state index in [1.807, 2.05) is 0 Å². The molecule has 0 radical (unpaired) electrons. The third-order valence-electron chi connectivity index (χ3n) is 4.05. The number of nitrogens with two attached hydrogens (primary N) is 1. The van der Waals surface area contributed by atoms with Crippen LogP contribution in [0.3, 0.4) is 0 Å². The Morgan fingerprint density at radius 2 is 1.96 bits per heavy atom. The largest absolute Gasteiger partial charge is 0.401 e. The van der Waals surface area contributed by atoms with Crippen LogP contribution in [0.1, 0.15) is 32.6 Å². The highest BCUT2D eigenvalue weighted by Gasteiger charge is 2.25. The van der Waals surface area contributed by atoms with Crippen LogP contribution < -0.4 is 5.73 Å². The molecule has 2 N–H and O–H groups in total. The van der Waals surface area contributed by atoms with Gasteiger partial charge in [0.05, 0.1) is 10.8 Å². The number of carbonyl (C=O) groups is 1. The van der Waals surface area contributed by atoms with E-state index in [-0.39, 0.29) is 27.7 Å². The van der Waals surface area contributed by atoms with Crippen molar-refractivity contribution in [2.24, 2.45) is 5.73 Å². The van der Waals surface area contributed by atoms with Gasteiger partial charge in [0.2, 0.25) is 10.0 Å². The number of carbonyl (C=O) groups excluding carboxylic acids is 1. The molecule has 0 aromatic carbocycles. The molecule has 140 valence electrons. The maximum absolute atomic E-state index is 12.7. The number of allylic oxidation sites excluding steroid dienone is 2. The molecule has 1 aromatic heterocycles. The van der Waals surface area contributed by atoms with Gasteiger partial charge in [-0.1, -0.05) is 24.6 Å². The fraction of sp³-hybridized carbons (Fsp3) is 0.471. The predicted molar refractivity (Wildman–Crippen MR) is 99.7 cm³/mol. The second kappa shape index (κ2) is 9.16. The topological polar surface area (TPSA) is 117 Å². The molecule has 9 heteroatoms. The number of thioether (sulfide) groups is 1. The monoisotopic (exact) mass is 394 g/mol. The Labute approximate surface area is 158 Å². The van der Waals surface area contributed by atoms with Crippen molar-refractivity contribution < 1.29 is 13.2 Å². The van der Waals surface area contributed by atoms with Gasteiger partial charge in [-0.25, -0.2) is 13.4 Å². The summed E-state index contributed by atoms with van der Waals surface area (Å²) in [6, 6.07) is 4.88. The lowest BCUT2D eigenvalue weighted by atomic mass is 10.2. The van der Waals surface area contributed by atoms with Crippen molar-refractivity contribution in [2.45, 2.75) is 42.5 Å². The number of nitriles is 1. The number of Topliss-reactive ketones (excluding diaryl/α,β-unsaturated/α-hetero) is 1. The third kappa shape index (κ3) is 5.06. The Morgan fingerprint density at radius 1 is 1.31 bits per heavy atom. The summed E-state index contributed by atoms with van der Waals surface area (Å²) in [5.41, 5.74) is 5.63. The molecule has 1 aromatic rings.